The first kappa shape index (κ1) is 10.3. The molecule has 1 aliphatic rings. The van der Waals surface area contributed by atoms with Crippen molar-refractivity contribution in [3.63, 3.8) is 0 Å². The summed E-state index contributed by atoms with van der Waals surface area (Å²) >= 11 is 0. The molecule has 5 heteroatoms. The standard InChI is InChI=1S/C12H13N3O2/c1-8-4-2-5-9-13-10(14-15(8)9)12(11(16)17)6-3-7-12/h2,4-5H,3,6-7H2,1H3,(H,16,17). The Kier molecular flexibility index (Phi) is 1.98. The summed E-state index contributed by atoms with van der Waals surface area (Å²) in [6.07, 6.45) is 2.21. The highest BCUT2D eigenvalue weighted by Gasteiger charge is 2.49. The third kappa shape index (κ3) is 1.28. The zero-order valence-corrected chi connectivity index (χ0v) is 9.55. The topological polar surface area (TPSA) is 67.5 Å². The Labute approximate surface area is 98.1 Å². The van der Waals surface area contributed by atoms with E-state index >= 15 is 0 Å². The van der Waals surface area contributed by atoms with Gasteiger partial charge in [-0.2, -0.15) is 0 Å². The van der Waals surface area contributed by atoms with E-state index in [0.29, 0.717) is 24.3 Å². The first-order chi connectivity index (χ1) is 8.13. The second-order valence-electron chi connectivity index (χ2n) is 4.61. The molecule has 2 heterocycles. The van der Waals surface area contributed by atoms with Crippen LogP contribution in [0.2, 0.25) is 0 Å². The maximum absolute atomic E-state index is 11.4. The number of hydrogen-bond donors (Lipinski definition) is 1. The highest BCUT2D eigenvalue weighted by atomic mass is 16.4. The molecule has 88 valence electrons. The summed E-state index contributed by atoms with van der Waals surface area (Å²) in [5.74, 6) is -0.358. The fourth-order valence-electron chi connectivity index (χ4n) is 2.30. The second-order valence-corrected chi connectivity index (χ2v) is 4.61. The van der Waals surface area contributed by atoms with Gasteiger partial charge in [-0.1, -0.05) is 12.5 Å². The van der Waals surface area contributed by atoms with Crippen LogP contribution in [0.1, 0.15) is 30.8 Å². The van der Waals surface area contributed by atoms with Crippen molar-refractivity contribution >= 4 is 11.6 Å². The number of aromatic nitrogens is 3. The molecular formula is C12H13N3O2. The van der Waals surface area contributed by atoms with Gasteiger partial charge in [0.15, 0.2) is 11.5 Å². The van der Waals surface area contributed by atoms with Crippen molar-refractivity contribution in [1.29, 1.82) is 0 Å². The Morgan fingerprint density at radius 2 is 2.24 bits per heavy atom. The summed E-state index contributed by atoms with van der Waals surface area (Å²) in [4.78, 5) is 15.7. The highest BCUT2D eigenvalue weighted by molar-refractivity contribution is 5.81. The molecule has 3 rings (SSSR count). The van der Waals surface area contributed by atoms with Crippen LogP contribution in [0.3, 0.4) is 0 Å². The molecule has 17 heavy (non-hydrogen) atoms. The van der Waals surface area contributed by atoms with E-state index in [1.807, 2.05) is 25.1 Å². The van der Waals surface area contributed by atoms with E-state index in [-0.39, 0.29) is 0 Å². The Bertz CT molecular complexity index is 599. The molecule has 0 radical (unpaired) electrons. The number of carbonyl (C=O) groups is 1. The van der Waals surface area contributed by atoms with Gasteiger partial charge in [-0.15, -0.1) is 5.10 Å². The molecule has 5 nitrogen and oxygen atoms in total. The Balaban J connectivity index is 2.18. The smallest absolute Gasteiger partial charge is 0.317 e. The lowest BCUT2D eigenvalue weighted by Crippen LogP contribution is -2.43. The number of aliphatic carboxylic acids is 1. The van der Waals surface area contributed by atoms with Crippen LogP contribution in [0, 0.1) is 6.92 Å². The third-order valence-corrected chi connectivity index (χ3v) is 3.59. The van der Waals surface area contributed by atoms with Gasteiger partial charge in [-0.05, 0) is 31.9 Å². The summed E-state index contributed by atoms with van der Waals surface area (Å²) in [5.41, 5.74) is 0.826. The van der Waals surface area contributed by atoms with Crippen LogP contribution in [-0.2, 0) is 10.2 Å². The molecule has 0 unspecified atom stereocenters. The molecule has 2 aromatic heterocycles. The van der Waals surface area contributed by atoms with Gasteiger partial charge in [-0.25, -0.2) is 9.50 Å². The van der Waals surface area contributed by atoms with E-state index in [2.05, 4.69) is 10.1 Å². The van der Waals surface area contributed by atoms with Crippen molar-refractivity contribution in [1.82, 2.24) is 14.6 Å². The van der Waals surface area contributed by atoms with Crippen molar-refractivity contribution in [3.05, 3.63) is 29.7 Å². The van der Waals surface area contributed by atoms with Crippen molar-refractivity contribution in [2.24, 2.45) is 0 Å². The molecule has 0 aliphatic heterocycles. The van der Waals surface area contributed by atoms with Gasteiger partial charge in [0.25, 0.3) is 0 Å². The quantitative estimate of drug-likeness (QED) is 0.851. The number of rotatable bonds is 2. The predicted molar refractivity (Wildman–Crippen MR) is 60.9 cm³/mol. The van der Waals surface area contributed by atoms with Crippen molar-refractivity contribution in [3.8, 4) is 0 Å². The molecule has 1 N–H and O–H groups in total. The summed E-state index contributed by atoms with van der Waals surface area (Å²) in [6.45, 7) is 1.93. The molecule has 0 amide bonds. The summed E-state index contributed by atoms with van der Waals surface area (Å²) in [7, 11) is 0. The van der Waals surface area contributed by atoms with Crippen LogP contribution in [0.15, 0.2) is 18.2 Å². The number of hydrogen-bond acceptors (Lipinski definition) is 3. The van der Waals surface area contributed by atoms with Crippen molar-refractivity contribution < 1.29 is 9.90 Å². The van der Waals surface area contributed by atoms with Crippen LogP contribution >= 0.6 is 0 Å². The molecule has 0 bridgehead atoms. The summed E-state index contributed by atoms with van der Waals surface area (Å²) in [6, 6.07) is 5.68. The molecule has 0 spiro atoms. The lowest BCUT2D eigenvalue weighted by atomic mass is 9.68. The molecule has 0 aromatic carbocycles. The first-order valence-corrected chi connectivity index (χ1v) is 5.70. The summed E-state index contributed by atoms with van der Waals surface area (Å²) in [5, 5.41) is 13.7. The molecule has 0 atom stereocenters. The fraction of sp³-hybridized carbons (Fsp3) is 0.417. The van der Waals surface area contributed by atoms with Crippen LogP contribution in [0.4, 0.5) is 0 Å². The first-order valence-electron chi connectivity index (χ1n) is 5.70. The van der Waals surface area contributed by atoms with E-state index < -0.39 is 11.4 Å². The molecule has 1 aliphatic carbocycles. The molecule has 1 saturated carbocycles. The maximum atomic E-state index is 11.4. The SMILES string of the molecule is Cc1cccc2nc(C3(C(=O)O)CCC3)nn12. The molecule has 0 saturated heterocycles. The minimum atomic E-state index is -0.849. The van der Waals surface area contributed by atoms with Crippen molar-refractivity contribution in [2.45, 2.75) is 31.6 Å². The number of carboxylic acids is 1. The lowest BCUT2D eigenvalue weighted by molar-refractivity contribution is -0.147. The minimum Gasteiger partial charge on any atom is -0.480 e. The number of carboxylic acid groups (broad SMARTS) is 1. The lowest BCUT2D eigenvalue weighted by Gasteiger charge is -2.34. The zero-order valence-electron chi connectivity index (χ0n) is 9.55. The Morgan fingerprint density at radius 1 is 1.47 bits per heavy atom. The van der Waals surface area contributed by atoms with Gasteiger partial charge in [0, 0.05) is 5.69 Å². The maximum Gasteiger partial charge on any atom is 0.317 e. The van der Waals surface area contributed by atoms with E-state index in [1.165, 1.54) is 0 Å². The second kappa shape index (κ2) is 3.29. The number of fused-ring (bicyclic) bond motifs is 1. The minimum absolute atomic E-state index is 0.450. The average Bonchev–Trinajstić information content (AvgIpc) is 2.60. The molecule has 2 aromatic rings. The Hall–Kier alpha value is -1.91. The van der Waals surface area contributed by atoms with Gasteiger partial charge >= 0.3 is 5.97 Å². The zero-order chi connectivity index (χ0) is 12.0. The molecular weight excluding hydrogens is 218 g/mol. The fourth-order valence-corrected chi connectivity index (χ4v) is 2.30. The monoisotopic (exact) mass is 231 g/mol. The van der Waals surface area contributed by atoms with Crippen LogP contribution in [-0.4, -0.2) is 25.7 Å². The normalized spacial score (nSPS) is 17.9. The van der Waals surface area contributed by atoms with Crippen LogP contribution in [0.25, 0.3) is 5.65 Å². The number of nitrogens with zero attached hydrogens (tertiary/aromatic N) is 3. The average molecular weight is 231 g/mol. The van der Waals surface area contributed by atoms with Crippen LogP contribution < -0.4 is 0 Å². The molecule has 1 fully saturated rings. The van der Waals surface area contributed by atoms with Gasteiger partial charge in [0.2, 0.25) is 0 Å². The van der Waals surface area contributed by atoms with E-state index in [1.54, 1.807) is 4.52 Å². The van der Waals surface area contributed by atoms with Gasteiger partial charge in [0.05, 0.1) is 0 Å². The van der Waals surface area contributed by atoms with E-state index in [4.69, 9.17) is 0 Å². The highest BCUT2D eigenvalue weighted by Crippen LogP contribution is 2.42. The van der Waals surface area contributed by atoms with E-state index in [0.717, 1.165) is 12.1 Å². The predicted octanol–water partition coefficient (Wildman–Crippen LogP) is 1.54. The van der Waals surface area contributed by atoms with Crippen molar-refractivity contribution in [2.75, 3.05) is 0 Å². The van der Waals surface area contributed by atoms with Gasteiger partial charge in [-0.3, -0.25) is 4.79 Å². The number of aryl methyl sites for hydroxylation is 1. The number of pyridine rings is 1. The van der Waals surface area contributed by atoms with E-state index in [9.17, 15) is 9.90 Å². The Morgan fingerprint density at radius 3 is 2.76 bits per heavy atom. The third-order valence-electron chi connectivity index (χ3n) is 3.59. The van der Waals surface area contributed by atoms with Gasteiger partial charge in [0.1, 0.15) is 5.41 Å². The summed E-state index contributed by atoms with van der Waals surface area (Å²) < 4.78 is 1.71. The van der Waals surface area contributed by atoms with Gasteiger partial charge < -0.3 is 5.11 Å². The van der Waals surface area contributed by atoms with Crippen LogP contribution in [0.5, 0.6) is 0 Å². The largest absolute Gasteiger partial charge is 0.480 e.